The molecule has 0 aliphatic heterocycles. The van der Waals surface area contributed by atoms with Crippen LogP contribution in [0.15, 0.2) is 0 Å². The summed E-state index contributed by atoms with van der Waals surface area (Å²) in [5, 5.41) is 0. The van der Waals surface area contributed by atoms with E-state index >= 15 is 0 Å². The second-order valence-electron chi connectivity index (χ2n) is 6.04. The zero-order valence-corrected chi connectivity index (χ0v) is 10.9. The van der Waals surface area contributed by atoms with Gasteiger partial charge in [-0.15, -0.1) is 0 Å². The molecule has 5 atom stereocenters. The van der Waals surface area contributed by atoms with Crippen LogP contribution in [-0.2, 0) is 0 Å². The smallest absolute Gasteiger partial charge is 0.0358 e. The topological polar surface area (TPSA) is 0 Å². The Balaban J connectivity index is 2.63. The van der Waals surface area contributed by atoms with E-state index in [1.165, 1.54) is 12.8 Å². The molecule has 0 aromatic carbocycles. The highest BCUT2D eigenvalue weighted by Crippen LogP contribution is 2.43. The quantitative estimate of drug-likeness (QED) is 0.605. The van der Waals surface area contributed by atoms with Crippen molar-refractivity contribution in [1.29, 1.82) is 0 Å². The molecule has 0 spiro atoms. The van der Waals surface area contributed by atoms with Crippen LogP contribution in [0.4, 0.5) is 0 Å². The monoisotopic (exact) mass is 196 g/mol. The zero-order valence-electron chi connectivity index (χ0n) is 10.9. The average molecular weight is 196 g/mol. The summed E-state index contributed by atoms with van der Waals surface area (Å²) in [7, 11) is 0. The van der Waals surface area contributed by atoms with Crippen molar-refractivity contribution in [1.82, 2.24) is 0 Å². The van der Waals surface area contributed by atoms with E-state index in [4.69, 9.17) is 0 Å². The maximum absolute atomic E-state index is 2.48. The minimum Gasteiger partial charge on any atom is -0.0625 e. The van der Waals surface area contributed by atoms with Gasteiger partial charge in [-0.1, -0.05) is 48.0 Å². The van der Waals surface area contributed by atoms with E-state index in [-0.39, 0.29) is 0 Å². The first kappa shape index (κ1) is 12.1. The lowest BCUT2D eigenvalue weighted by atomic mass is 9.63. The van der Waals surface area contributed by atoms with Gasteiger partial charge in [0, 0.05) is 0 Å². The standard InChI is InChI=1S/C14H28/c1-9(2)11(4)14-8-7-10(3)12(5)13(14)6/h9-14H,7-8H2,1-6H3. The lowest BCUT2D eigenvalue weighted by Gasteiger charge is -2.42. The van der Waals surface area contributed by atoms with Gasteiger partial charge in [0.25, 0.3) is 0 Å². The molecule has 0 nitrogen and oxygen atoms in total. The molecule has 84 valence electrons. The molecule has 0 heterocycles. The van der Waals surface area contributed by atoms with E-state index in [0.29, 0.717) is 0 Å². The third-order valence-corrected chi connectivity index (χ3v) is 5.08. The maximum atomic E-state index is 2.48. The molecule has 0 aromatic rings. The summed E-state index contributed by atoms with van der Waals surface area (Å²) in [5.74, 6) is 5.52. The Kier molecular flexibility index (Phi) is 4.04. The van der Waals surface area contributed by atoms with Gasteiger partial charge in [0.15, 0.2) is 0 Å². The molecule has 0 saturated heterocycles. The molecule has 0 radical (unpaired) electrons. The van der Waals surface area contributed by atoms with Crippen molar-refractivity contribution in [3.8, 4) is 0 Å². The van der Waals surface area contributed by atoms with Crippen molar-refractivity contribution in [3.05, 3.63) is 0 Å². The first-order valence-electron chi connectivity index (χ1n) is 6.45. The molecule has 0 N–H and O–H groups in total. The van der Waals surface area contributed by atoms with Crippen LogP contribution in [0, 0.1) is 35.5 Å². The van der Waals surface area contributed by atoms with Crippen LogP contribution in [0.2, 0.25) is 0 Å². The third-order valence-electron chi connectivity index (χ3n) is 5.08. The highest BCUT2D eigenvalue weighted by molar-refractivity contribution is 4.84. The van der Waals surface area contributed by atoms with E-state index in [1.54, 1.807) is 0 Å². The first-order valence-corrected chi connectivity index (χ1v) is 6.45. The highest BCUT2D eigenvalue weighted by atomic mass is 14.4. The molecule has 0 heteroatoms. The zero-order chi connectivity index (χ0) is 10.9. The molecule has 1 fully saturated rings. The fraction of sp³-hybridized carbons (Fsp3) is 1.00. The SMILES string of the molecule is CC(C)C(C)C1CCC(C)C(C)C1C. The molecule has 14 heavy (non-hydrogen) atoms. The lowest BCUT2D eigenvalue weighted by Crippen LogP contribution is -2.34. The molecule has 1 aliphatic rings. The van der Waals surface area contributed by atoms with E-state index in [9.17, 15) is 0 Å². The Morgan fingerprint density at radius 2 is 1.43 bits per heavy atom. The fourth-order valence-corrected chi connectivity index (χ4v) is 3.13. The predicted molar refractivity (Wildman–Crippen MR) is 64.2 cm³/mol. The summed E-state index contributed by atoms with van der Waals surface area (Å²) >= 11 is 0. The van der Waals surface area contributed by atoms with E-state index in [0.717, 1.165) is 35.5 Å². The Hall–Kier alpha value is 0. The van der Waals surface area contributed by atoms with Crippen molar-refractivity contribution in [2.24, 2.45) is 35.5 Å². The van der Waals surface area contributed by atoms with Crippen molar-refractivity contribution in [3.63, 3.8) is 0 Å². The van der Waals surface area contributed by atoms with Crippen molar-refractivity contribution < 1.29 is 0 Å². The molecule has 1 aliphatic carbocycles. The van der Waals surface area contributed by atoms with Crippen molar-refractivity contribution in [2.45, 2.75) is 54.4 Å². The second kappa shape index (κ2) is 4.68. The minimum absolute atomic E-state index is 0.850. The van der Waals surface area contributed by atoms with Gasteiger partial charge in [0.1, 0.15) is 0 Å². The molecule has 5 unspecified atom stereocenters. The van der Waals surface area contributed by atoms with Crippen molar-refractivity contribution >= 4 is 0 Å². The summed E-state index contributed by atoms with van der Waals surface area (Å²) in [6.45, 7) is 14.6. The van der Waals surface area contributed by atoms with Crippen LogP contribution >= 0.6 is 0 Å². The first-order chi connectivity index (χ1) is 6.45. The Morgan fingerprint density at radius 3 is 1.93 bits per heavy atom. The molecular weight excluding hydrogens is 168 g/mol. The Labute approximate surface area is 90.5 Å². The summed E-state index contributed by atoms with van der Waals surface area (Å²) in [6.07, 6.45) is 2.92. The Bertz CT molecular complexity index is 171. The van der Waals surface area contributed by atoms with Crippen LogP contribution in [0.5, 0.6) is 0 Å². The summed E-state index contributed by atoms with van der Waals surface area (Å²) < 4.78 is 0. The molecule has 0 aromatic heterocycles. The van der Waals surface area contributed by atoms with Gasteiger partial charge in [0.05, 0.1) is 0 Å². The average Bonchev–Trinajstić information content (AvgIpc) is 2.13. The molecule has 1 rings (SSSR count). The largest absolute Gasteiger partial charge is 0.0625 e. The molecule has 1 saturated carbocycles. The van der Waals surface area contributed by atoms with Crippen LogP contribution in [0.25, 0.3) is 0 Å². The van der Waals surface area contributed by atoms with Gasteiger partial charge in [0.2, 0.25) is 0 Å². The summed E-state index contributed by atoms with van der Waals surface area (Å²) in [4.78, 5) is 0. The second-order valence-corrected chi connectivity index (χ2v) is 6.04. The van der Waals surface area contributed by atoms with Gasteiger partial charge >= 0.3 is 0 Å². The number of rotatable bonds is 2. The van der Waals surface area contributed by atoms with Gasteiger partial charge in [-0.2, -0.15) is 0 Å². The van der Waals surface area contributed by atoms with Crippen LogP contribution in [0.3, 0.4) is 0 Å². The summed E-state index contributed by atoms with van der Waals surface area (Å²) in [5.41, 5.74) is 0. The van der Waals surface area contributed by atoms with Crippen LogP contribution in [-0.4, -0.2) is 0 Å². The normalized spacial score (nSPS) is 41.4. The van der Waals surface area contributed by atoms with Gasteiger partial charge in [-0.3, -0.25) is 0 Å². The van der Waals surface area contributed by atoms with Gasteiger partial charge in [-0.25, -0.2) is 0 Å². The third kappa shape index (κ3) is 2.32. The van der Waals surface area contributed by atoms with Gasteiger partial charge < -0.3 is 0 Å². The predicted octanol–water partition coefficient (Wildman–Crippen LogP) is 4.60. The van der Waals surface area contributed by atoms with Crippen molar-refractivity contribution in [2.75, 3.05) is 0 Å². The highest BCUT2D eigenvalue weighted by Gasteiger charge is 2.35. The van der Waals surface area contributed by atoms with E-state index in [1.807, 2.05) is 0 Å². The number of hydrogen-bond acceptors (Lipinski definition) is 0. The summed E-state index contributed by atoms with van der Waals surface area (Å²) in [6, 6.07) is 0. The van der Waals surface area contributed by atoms with Crippen LogP contribution < -0.4 is 0 Å². The Morgan fingerprint density at radius 1 is 0.857 bits per heavy atom. The number of hydrogen-bond donors (Lipinski definition) is 0. The van der Waals surface area contributed by atoms with E-state index in [2.05, 4.69) is 41.5 Å². The maximum Gasteiger partial charge on any atom is -0.0358 e. The van der Waals surface area contributed by atoms with Crippen LogP contribution in [0.1, 0.15) is 54.4 Å². The minimum atomic E-state index is 0.850. The van der Waals surface area contributed by atoms with E-state index < -0.39 is 0 Å². The molecular formula is C14H28. The molecule has 0 amide bonds. The fourth-order valence-electron chi connectivity index (χ4n) is 3.13. The lowest BCUT2D eigenvalue weighted by molar-refractivity contribution is 0.0707. The molecule has 0 bridgehead atoms. The van der Waals surface area contributed by atoms with Gasteiger partial charge in [-0.05, 0) is 41.9 Å².